The van der Waals surface area contributed by atoms with Crippen LogP contribution in [0.4, 0.5) is 5.69 Å². The number of carbonyl (C=O) groups excluding carboxylic acids is 2. The van der Waals surface area contributed by atoms with E-state index in [1.807, 2.05) is 58.0 Å². The van der Waals surface area contributed by atoms with Crippen molar-refractivity contribution in [1.29, 1.82) is 0 Å². The molecule has 2 N–H and O–H groups in total. The standard InChI is InChI=1S/C19H24N4O2S/c1-12(2)18(25)23-16-7-5-15(6-8-16)10-20-17(24)11-26-19-21-13(3)9-14(4)22-19/h5-9,12H,10-11H2,1-4H3,(H,20,24)(H,23,25). The SMILES string of the molecule is Cc1cc(C)nc(SCC(=O)NCc2ccc(NC(=O)C(C)C)cc2)n1. The van der Waals surface area contributed by atoms with Crippen LogP contribution in [0.2, 0.25) is 0 Å². The van der Waals surface area contributed by atoms with Crippen molar-refractivity contribution >= 4 is 29.3 Å². The normalized spacial score (nSPS) is 10.7. The number of nitrogens with zero attached hydrogens (tertiary/aromatic N) is 2. The van der Waals surface area contributed by atoms with Gasteiger partial charge < -0.3 is 10.6 Å². The Kier molecular flexibility index (Phi) is 7.15. The van der Waals surface area contributed by atoms with E-state index >= 15 is 0 Å². The smallest absolute Gasteiger partial charge is 0.230 e. The maximum absolute atomic E-state index is 12.0. The number of hydrogen-bond acceptors (Lipinski definition) is 5. The maximum atomic E-state index is 12.0. The highest BCUT2D eigenvalue weighted by atomic mass is 32.2. The van der Waals surface area contributed by atoms with Gasteiger partial charge in [0.25, 0.3) is 0 Å². The molecule has 2 amide bonds. The average Bonchev–Trinajstić information content (AvgIpc) is 2.58. The molecule has 1 aromatic carbocycles. The molecular formula is C19H24N4O2S. The van der Waals surface area contributed by atoms with Gasteiger partial charge in [0, 0.05) is 29.5 Å². The van der Waals surface area contributed by atoms with Gasteiger partial charge in [-0.2, -0.15) is 0 Å². The second-order valence-corrected chi connectivity index (χ2v) is 7.28. The molecule has 0 unspecified atom stereocenters. The quantitative estimate of drug-likeness (QED) is 0.576. The van der Waals surface area contributed by atoms with Crippen molar-refractivity contribution in [3.8, 4) is 0 Å². The molecule has 0 saturated carbocycles. The minimum absolute atomic E-state index is 0.0170. The van der Waals surface area contributed by atoms with E-state index in [9.17, 15) is 9.59 Å². The van der Waals surface area contributed by atoms with Crippen LogP contribution in [-0.2, 0) is 16.1 Å². The minimum Gasteiger partial charge on any atom is -0.351 e. The Morgan fingerprint density at radius 3 is 2.27 bits per heavy atom. The predicted molar refractivity (Wildman–Crippen MR) is 104 cm³/mol. The van der Waals surface area contributed by atoms with Crippen molar-refractivity contribution in [2.75, 3.05) is 11.1 Å². The zero-order valence-electron chi connectivity index (χ0n) is 15.5. The van der Waals surface area contributed by atoms with E-state index in [-0.39, 0.29) is 23.5 Å². The fourth-order valence-corrected chi connectivity index (χ4v) is 2.91. The molecule has 7 heteroatoms. The third-order valence-electron chi connectivity index (χ3n) is 3.53. The lowest BCUT2D eigenvalue weighted by Crippen LogP contribution is -2.24. The Balaban J connectivity index is 1.79. The summed E-state index contributed by atoms with van der Waals surface area (Å²) in [6.45, 7) is 7.95. The zero-order chi connectivity index (χ0) is 19.1. The van der Waals surface area contributed by atoms with Crippen LogP contribution in [0, 0.1) is 19.8 Å². The summed E-state index contributed by atoms with van der Waals surface area (Å²) in [5, 5.41) is 6.33. The van der Waals surface area contributed by atoms with Gasteiger partial charge in [-0.3, -0.25) is 9.59 Å². The largest absolute Gasteiger partial charge is 0.351 e. The Bertz CT molecular complexity index is 755. The molecule has 0 bridgehead atoms. The lowest BCUT2D eigenvalue weighted by molar-refractivity contribution is -0.119. The first-order chi connectivity index (χ1) is 12.3. The van der Waals surface area contributed by atoms with Crippen molar-refractivity contribution in [1.82, 2.24) is 15.3 Å². The number of rotatable bonds is 7. The summed E-state index contributed by atoms with van der Waals surface area (Å²) in [7, 11) is 0. The van der Waals surface area contributed by atoms with Crippen LogP contribution in [0.3, 0.4) is 0 Å². The molecule has 0 aliphatic rings. The molecule has 2 aromatic rings. The van der Waals surface area contributed by atoms with Crippen LogP contribution in [0.5, 0.6) is 0 Å². The van der Waals surface area contributed by atoms with E-state index in [0.29, 0.717) is 11.7 Å². The fourth-order valence-electron chi connectivity index (χ4n) is 2.13. The molecule has 0 saturated heterocycles. The molecule has 1 heterocycles. The van der Waals surface area contributed by atoms with E-state index < -0.39 is 0 Å². The molecule has 26 heavy (non-hydrogen) atoms. The first kappa shape index (κ1) is 19.9. The third kappa shape index (κ3) is 6.48. The molecule has 0 spiro atoms. The number of hydrogen-bond donors (Lipinski definition) is 2. The molecule has 138 valence electrons. The van der Waals surface area contributed by atoms with E-state index in [0.717, 1.165) is 22.6 Å². The molecule has 0 atom stereocenters. The van der Waals surface area contributed by atoms with E-state index in [2.05, 4.69) is 20.6 Å². The third-order valence-corrected chi connectivity index (χ3v) is 4.38. The Labute approximate surface area is 158 Å². The number of aromatic nitrogens is 2. The van der Waals surface area contributed by atoms with Gasteiger partial charge in [0.2, 0.25) is 11.8 Å². The van der Waals surface area contributed by atoms with Gasteiger partial charge in [-0.1, -0.05) is 37.7 Å². The van der Waals surface area contributed by atoms with Gasteiger partial charge in [0.1, 0.15) is 0 Å². The van der Waals surface area contributed by atoms with Gasteiger partial charge in [0.15, 0.2) is 5.16 Å². The molecule has 0 radical (unpaired) electrons. The number of benzene rings is 1. The first-order valence-corrected chi connectivity index (χ1v) is 9.43. The predicted octanol–water partition coefficient (Wildman–Crippen LogP) is 3.10. The highest BCUT2D eigenvalue weighted by Crippen LogP contribution is 2.14. The molecule has 0 aliphatic carbocycles. The lowest BCUT2D eigenvalue weighted by Gasteiger charge is -2.09. The van der Waals surface area contributed by atoms with E-state index in [4.69, 9.17) is 0 Å². The van der Waals surface area contributed by atoms with E-state index in [1.54, 1.807) is 0 Å². The summed E-state index contributed by atoms with van der Waals surface area (Å²) in [5.41, 5.74) is 3.50. The summed E-state index contributed by atoms with van der Waals surface area (Å²) >= 11 is 1.32. The Morgan fingerprint density at radius 2 is 1.69 bits per heavy atom. The second-order valence-electron chi connectivity index (χ2n) is 6.34. The van der Waals surface area contributed by atoms with E-state index in [1.165, 1.54) is 11.8 Å². The van der Waals surface area contributed by atoms with Gasteiger partial charge in [-0.15, -0.1) is 0 Å². The number of amides is 2. The highest BCUT2D eigenvalue weighted by molar-refractivity contribution is 7.99. The van der Waals surface area contributed by atoms with Crippen LogP contribution in [0.15, 0.2) is 35.5 Å². The summed E-state index contributed by atoms with van der Waals surface area (Å²) in [5.74, 6) is 0.116. The van der Waals surface area contributed by atoms with Crippen molar-refractivity contribution in [2.24, 2.45) is 5.92 Å². The average molecular weight is 372 g/mol. The maximum Gasteiger partial charge on any atom is 0.230 e. The van der Waals surface area contributed by atoms with Crippen LogP contribution in [0.1, 0.15) is 30.8 Å². The number of thioether (sulfide) groups is 1. The number of anilines is 1. The van der Waals surface area contributed by atoms with Crippen molar-refractivity contribution in [2.45, 2.75) is 39.4 Å². The molecule has 0 aliphatic heterocycles. The second kappa shape index (κ2) is 9.33. The summed E-state index contributed by atoms with van der Waals surface area (Å²) in [6, 6.07) is 9.34. The summed E-state index contributed by atoms with van der Waals surface area (Å²) in [6.07, 6.45) is 0. The number of carbonyl (C=O) groups is 2. The summed E-state index contributed by atoms with van der Waals surface area (Å²) in [4.78, 5) is 32.3. The van der Waals surface area contributed by atoms with Crippen LogP contribution < -0.4 is 10.6 Å². The molecular weight excluding hydrogens is 348 g/mol. The molecule has 1 aromatic heterocycles. The minimum atomic E-state index is -0.0741. The Hall–Kier alpha value is -2.41. The monoisotopic (exact) mass is 372 g/mol. The van der Waals surface area contributed by atoms with Crippen molar-refractivity contribution in [3.05, 3.63) is 47.3 Å². The van der Waals surface area contributed by atoms with Gasteiger partial charge in [-0.25, -0.2) is 9.97 Å². The molecule has 0 fully saturated rings. The van der Waals surface area contributed by atoms with Crippen molar-refractivity contribution in [3.63, 3.8) is 0 Å². The van der Waals surface area contributed by atoms with Crippen LogP contribution in [-0.4, -0.2) is 27.5 Å². The van der Waals surface area contributed by atoms with Gasteiger partial charge in [0.05, 0.1) is 5.75 Å². The topological polar surface area (TPSA) is 84.0 Å². The van der Waals surface area contributed by atoms with Gasteiger partial charge in [-0.05, 0) is 37.6 Å². The van der Waals surface area contributed by atoms with Gasteiger partial charge >= 0.3 is 0 Å². The molecule has 2 rings (SSSR count). The first-order valence-electron chi connectivity index (χ1n) is 8.45. The highest BCUT2D eigenvalue weighted by Gasteiger charge is 2.08. The zero-order valence-corrected chi connectivity index (χ0v) is 16.3. The van der Waals surface area contributed by atoms with Crippen molar-refractivity contribution < 1.29 is 9.59 Å². The van der Waals surface area contributed by atoms with Crippen LogP contribution >= 0.6 is 11.8 Å². The summed E-state index contributed by atoms with van der Waals surface area (Å²) < 4.78 is 0. The lowest BCUT2D eigenvalue weighted by atomic mass is 10.1. The van der Waals surface area contributed by atoms with Crippen LogP contribution in [0.25, 0.3) is 0 Å². The number of aryl methyl sites for hydroxylation is 2. The fraction of sp³-hybridized carbons (Fsp3) is 0.368. The molecule has 6 nitrogen and oxygen atoms in total. The Morgan fingerprint density at radius 1 is 1.08 bits per heavy atom. The number of nitrogens with one attached hydrogen (secondary N) is 2.